The van der Waals surface area contributed by atoms with Crippen molar-refractivity contribution in [3.8, 4) is 0 Å². The summed E-state index contributed by atoms with van der Waals surface area (Å²) in [7, 11) is -15.8. The van der Waals surface area contributed by atoms with Crippen LogP contribution in [-0.2, 0) is 92.2 Å². The zero-order valence-corrected chi connectivity index (χ0v) is 56.3. The number of carboxylic acids is 1. The van der Waals surface area contributed by atoms with E-state index in [1.165, 1.54) is 6.92 Å². The lowest BCUT2D eigenvalue weighted by Gasteiger charge is -2.51. The Labute approximate surface area is 570 Å². The van der Waals surface area contributed by atoms with Gasteiger partial charge in [0.15, 0.2) is 24.0 Å². The van der Waals surface area contributed by atoms with E-state index in [4.69, 9.17) is 50.1 Å². The van der Waals surface area contributed by atoms with Crippen molar-refractivity contribution in [2.24, 2.45) is 0 Å². The molecule has 99 heavy (non-hydrogen) atoms. The fourth-order valence-corrected chi connectivity index (χ4v) is 13.6. The average molecular weight is 1500 g/mol. The number of ether oxygens (including phenoxy) is 8. The molecule has 4 fully saturated rings. The molecule has 21 atom stereocenters. The molecule has 0 saturated carbocycles. The molecule has 4 saturated heterocycles. The highest BCUT2D eigenvalue weighted by Crippen LogP contribution is 2.41. The first-order chi connectivity index (χ1) is 46.3. The van der Waals surface area contributed by atoms with Crippen molar-refractivity contribution in [2.45, 2.75) is 215 Å². The quantitative estimate of drug-likeness (QED) is 0.0179. The van der Waals surface area contributed by atoms with Gasteiger partial charge in [-0.2, -0.15) is 25.3 Å². The number of fused-ring (bicyclic) bond motifs is 1. The number of nitrogens with one attached hydrogen (secondary N) is 6. The predicted molar refractivity (Wildman–Crippen MR) is 333 cm³/mol. The van der Waals surface area contributed by atoms with Crippen molar-refractivity contribution < 1.29 is 162 Å². The minimum atomic E-state index is -5.39. The van der Waals surface area contributed by atoms with E-state index in [0.717, 1.165) is 19.9 Å². The Balaban J connectivity index is 1.02. The largest absolute Gasteiger partial charge is 0.477 e. The Morgan fingerprint density at radius 1 is 0.657 bits per heavy atom. The number of thiocarbonyl (C=S) groups is 1. The first kappa shape index (κ1) is 82.7. The number of hydrogen-bond donors (Lipinski definition) is 21. The average Bonchev–Trinajstić information content (AvgIpc) is 0.760. The van der Waals surface area contributed by atoms with Crippen LogP contribution in [0.1, 0.15) is 72.1 Å². The number of aliphatic hydroxyl groups is 11. The first-order valence-electron chi connectivity index (χ1n) is 30.7. The number of aliphatic hydroxyl groups excluding tert-OH is 11. The number of carbonyl (C=O) groups excluding carboxylic acids is 4. The molecule has 0 unspecified atom stereocenters. The van der Waals surface area contributed by atoms with E-state index in [0.29, 0.717) is 56.7 Å². The Morgan fingerprint density at radius 2 is 1.24 bits per heavy atom. The van der Waals surface area contributed by atoms with Gasteiger partial charge >= 0.3 is 5.97 Å². The van der Waals surface area contributed by atoms with Crippen molar-refractivity contribution in [1.82, 2.24) is 26.6 Å². The summed E-state index contributed by atoms with van der Waals surface area (Å²) < 4.78 is 150. The second-order valence-corrected chi connectivity index (χ2v) is 28.2. The van der Waals surface area contributed by atoms with E-state index < -0.39 is 246 Å². The van der Waals surface area contributed by atoms with Crippen molar-refractivity contribution in [1.29, 1.82) is 0 Å². The monoisotopic (exact) mass is 1500 g/mol. The number of carboxylic acid groups (broad SMARTS) is 1. The van der Waals surface area contributed by atoms with Crippen LogP contribution in [0.15, 0.2) is 39.0 Å². The van der Waals surface area contributed by atoms with Crippen molar-refractivity contribution in [3.05, 3.63) is 24.3 Å². The summed E-state index contributed by atoms with van der Waals surface area (Å²) in [5.41, 5.74) is -0.470. The van der Waals surface area contributed by atoms with Crippen LogP contribution in [0.4, 0.5) is 5.69 Å². The van der Waals surface area contributed by atoms with Crippen LogP contribution >= 0.6 is 12.2 Å². The smallest absolute Gasteiger partial charge is 0.364 e. The van der Waals surface area contributed by atoms with Crippen LogP contribution in [0.3, 0.4) is 0 Å². The Morgan fingerprint density at radius 3 is 1.84 bits per heavy atom. The first-order valence-corrected chi connectivity index (χ1v) is 35.4. The van der Waals surface area contributed by atoms with Gasteiger partial charge in [-0.15, -0.1) is 0 Å². The van der Waals surface area contributed by atoms with Gasteiger partial charge in [0.1, 0.15) is 95.2 Å². The summed E-state index contributed by atoms with van der Waals surface area (Å²) in [5.74, 6) is -8.04. The van der Waals surface area contributed by atoms with E-state index in [-0.39, 0.29) is 37.1 Å². The van der Waals surface area contributed by atoms with E-state index >= 15 is 0 Å². The molecular weight excluding hydrogens is 1420 g/mol. The fourth-order valence-electron chi connectivity index (χ4n) is 11.4. The van der Waals surface area contributed by atoms with Crippen LogP contribution in [0.25, 0.3) is 10.8 Å². The number of hydrogen-bond acceptors (Lipinski definition) is 31. The van der Waals surface area contributed by atoms with Gasteiger partial charge in [-0.05, 0) is 56.2 Å². The summed E-state index contributed by atoms with van der Waals surface area (Å²) in [5, 5.41) is 143. The van der Waals surface area contributed by atoms with Gasteiger partial charge in [-0.3, -0.25) is 32.8 Å². The molecule has 0 bridgehead atoms. The molecule has 2 aromatic carbocycles. The zero-order chi connectivity index (χ0) is 73.8. The second kappa shape index (κ2) is 35.7. The molecule has 2 aromatic rings. The van der Waals surface area contributed by atoms with Gasteiger partial charge in [0.25, 0.3) is 36.1 Å². The maximum Gasteiger partial charge on any atom is 0.364 e. The maximum atomic E-state index is 13.2. The summed E-state index contributed by atoms with van der Waals surface area (Å²) in [4.78, 5) is 60.4. The molecule has 4 aliphatic heterocycles. The predicted octanol–water partition coefficient (Wildman–Crippen LogP) is -7.36. The molecule has 0 aliphatic carbocycles. The number of unbranched alkanes of at least 4 members (excludes halogenated alkanes) is 5. The van der Waals surface area contributed by atoms with Gasteiger partial charge in [-0.1, -0.05) is 25.7 Å². The minimum Gasteiger partial charge on any atom is -0.477 e. The van der Waals surface area contributed by atoms with Gasteiger partial charge < -0.3 is 131 Å². The Bertz CT molecular complexity index is 3490. The number of carbonyl (C=O) groups is 5. The molecule has 4 heterocycles. The molecule has 21 N–H and O–H groups in total. The lowest BCUT2D eigenvalue weighted by atomic mass is 9.88. The number of anilines is 1. The van der Waals surface area contributed by atoms with Crippen LogP contribution in [0.2, 0.25) is 0 Å². The molecule has 0 aromatic heterocycles. The minimum absolute atomic E-state index is 0.0712. The van der Waals surface area contributed by atoms with Crippen molar-refractivity contribution in [2.75, 3.05) is 51.4 Å². The highest BCUT2D eigenvalue weighted by atomic mass is 32.2. The summed E-state index contributed by atoms with van der Waals surface area (Å²) in [6, 6.07) is -0.820. The highest BCUT2D eigenvalue weighted by molar-refractivity contribution is 7.87. The van der Waals surface area contributed by atoms with E-state index in [2.05, 4.69) is 31.9 Å². The molecule has 562 valence electrons. The van der Waals surface area contributed by atoms with Gasteiger partial charge in [0.05, 0.1) is 55.2 Å². The summed E-state index contributed by atoms with van der Waals surface area (Å²) in [6.45, 7) is -0.325. The van der Waals surface area contributed by atoms with Gasteiger partial charge in [-0.25, -0.2) is 4.79 Å². The van der Waals surface area contributed by atoms with Crippen LogP contribution in [-0.4, -0.2) is 309 Å². The third-order valence-electron chi connectivity index (χ3n) is 16.3. The maximum absolute atomic E-state index is 13.2. The number of amides is 4. The van der Waals surface area contributed by atoms with Crippen molar-refractivity contribution in [3.63, 3.8) is 0 Å². The zero-order valence-electron chi connectivity index (χ0n) is 53.1. The van der Waals surface area contributed by atoms with Crippen LogP contribution < -0.4 is 31.9 Å². The molecule has 0 radical (unpaired) electrons. The number of rotatable bonds is 33. The lowest BCUT2D eigenvalue weighted by Crippen LogP contribution is -2.71. The normalized spacial score (nSPS) is 31.3. The van der Waals surface area contributed by atoms with Crippen molar-refractivity contribution >= 4 is 93.7 Å². The summed E-state index contributed by atoms with van der Waals surface area (Å²) in [6.07, 6.45) is -32.3. The highest BCUT2D eigenvalue weighted by Gasteiger charge is 2.61. The molecule has 44 heteroatoms. The van der Waals surface area contributed by atoms with Crippen LogP contribution in [0, 0.1) is 0 Å². The fraction of sp³-hybridized carbons (Fsp3) is 0.709. The molecule has 6 rings (SSSR count). The summed E-state index contributed by atoms with van der Waals surface area (Å²) >= 11 is 5.17. The molecule has 40 nitrogen and oxygen atoms in total. The van der Waals surface area contributed by atoms with E-state index in [9.17, 15) is 124 Å². The molecule has 0 spiro atoms. The number of aliphatic carboxylic acids is 1. The van der Waals surface area contributed by atoms with Gasteiger partial charge in [0, 0.05) is 57.2 Å². The Hall–Kier alpha value is -5.29. The van der Waals surface area contributed by atoms with E-state index in [1.54, 1.807) is 0 Å². The van der Waals surface area contributed by atoms with Gasteiger partial charge in [0.2, 0.25) is 23.6 Å². The topological polar surface area (TPSA) is 637 Å². The Kier molecular flexibility index (Phi) is 29.8. The second-order valence-electron chi connectivity index (χ2n) is 23.6. The standard InChI is InChI=1S/C55H84N6O34S4/c1-23-40(71)43(74)44(75)51(89-23)93-48-39(60-25(3)66)50(91-32(22-64)46(48)92-52-45(76)49(42(73)31(21-63)90-52)95-55(53(77)78)18-29(67)38(59-24(2)65)47(94-55)41(72)30(68)20-62)88-15-9-7-5-4-6-8-10-35(69)56-13-14-57-54(96)58-19-36(70)61-28-11-12-33(98(82,83)84)27-16-26(97(79,80)81)17-34(37(27)28)99(85,86)87/h11-12,16-17,23,29-32,38-52,62-64,67-68,71-76H,4-10,13-15,18-22H2,1-3H3,(H,56,69)(H,59,65)(H,60,66)(H,61,70)(H,77,78)(H2,57,58,96)(H,79,80,81)(H,82,83,84)(H,85,86,87)/t23-,29+,30+,31-,32-,38-,39-,40+,41-,42+,43+,44-,45-,46-,47-,48-,49+,50-,51+,52+,55+/m1/s1. The SMILES string of the molecule is CC(=O)N[C@H]1[C@H](OCCCCCCCCC(=O)NCCNC(=S)NCC(=O)Nc2ccc(S(=O)(=O)O)c3cc(S(=O)(=O)O)cc(S(=O)(=O)O)c23)O[C@H](CO)[C@@H](O[C@@H]2O[C@H](CO)[C@H](O)[C@H](O[C@]3(C(=O)O)C[C@H](O)[C@@H](NC(C)=O)[C@H]([C@H](O)[C@@H](O)CO)O3)[C@H]2O)[C@@H]1O[C@@H]1O[C@H](C)[C@H](O)[C@H](O)[C@H]1O. The van der Waals surface area contributed by atoms with E-state index in [1.807, 2.05) is 0 Å². The molecular formula is C55H84N6O34S4. The number of benzene rings is 2. The third-order valence-corrected chi connectivity index (χ3v) is 19.2. The molecule has 4 amide bonds. The van der Waals surface area contributed by atoms with Crippen LogP contribution in [0.5, 0.6) is 0 Å². The lowest BCUT2D eigenvalue weighted by molar-refractivity contribution is -0.391. The molecule has 4 aliphatic rings. The third kappa shape index (κ3) is 21.4.